The zero-order chi connectivity index (χ0) is 12.0. The Bertz CT molecular complexity index is 333. The molecule has 0 amide bonds. The number of hydrogen-bond donors (Lipinski definition) is 0. The fraction of sp³-hybridized carbons (Fsp3) is 0.417. The van der Waals surface area contributed by atoms with Crippen LogP contribution in [0.3, 0.4) is 0 Å². The Morgan fingerprint density at radius 3 is 2.56 bits per heavy atom. The first-order valence-corrected chi connectivity index (χ1v) is 5.98. The lowest BCUT2D eigenvalue weighted by molar-refractivity contribution is 0.0498. The van der Waals surface area contributed by atoms with Crippen molar-refractivity contribution in [3.8, 4) is 0 Å². The Kier molecular flexibility index (Phi) is 5.64. The van der Waals surface area contributed by atoms with E-state index in [-0.39, 0.29) is 11.3 Å². The lowest BCUT2D eigenvalue weighted by atomic mass is 10.2. The van der Waals surface area contributed by atoms with Crippen molar-refractivity contribution in [2.24, 2.45) is 0 Å². The summed E-state index contributed by atoms with van der Waals surface area (Å²) in [5, 5.41) is 0.724. The molecule has 1 aromatic carbocycles. The van der Waals surface area contributed by atoms with Crippen molar-refractivity contribution in [2.45, 2.75) is 25.1 Å². The van der Waals surface area contributed by atoms with Gasteiger partial charge >= 0.3 is 5.97 Å². The van der Waals surface area contributed by atoms with Crippen LogP contribution in [0.4, 0.5) is 0 Å². The van der Waals surface area contributed by atoms with Crippen LogP contribution in [0.25, 0.3) is 0 Å². The largest absolute Gasteiger partial charge is 0.462 e. The first kappa shape index (κ1) is 13.3. The fourth-order valence-corrected chi connectivity index (χ4v) is 1.48. The third-order valence-corrected chi connectivity index (χ3v) is 2.53. The van der Waals surface area contributed by atoms with E-state index in [1.807, 2.05) is 6.92 Å². The number of carbonyl (C=O) groups excluding carboxylic acids is 1. The topological polar surface area (TPSA) is 26.3 Å². The Morgan fingerprint density at radius 1 is 1.38 bits per heavy atom. The molecule has 0 aliphatic carbocycles. The highest BCUT2D eigenvalue weighted by Gasteiger charge is 2.06. The second kappa shape index (κ2) is 6.77. The van der Waals surface area contributed by atoms with Crippen LogP contribution in [0.15, 0.2) is 24.3 Å². The van der Waals surface area contributed by atoms with Gasteiger partial charge in [-0.15, -0.1) is 11.6 Å². The minimum atomic E-state index is -0.320. The molecule has 16 heavy (non-hydrogen) atoms. The summed E-state index contributed by atoms with van der Waals surface area (Å²) >= 11 is 11.5. The summed E-state index contributed by atoms with van der Waals surface area (Å²) in [5.74, 6) is -0.320. The Hall–Kier alpha value is -0.730. The summed E-state index contributed by atoms with van der Waals surface area (Å²) in [6.07, 6.45) is 1.62. The number of esters is 1. The molecule has 0 heterocycles. The molecule has 0 aliphatic heterocycles. The fourth-order valence-electron chi connectivity index (χ4n) is 1.20. The summed E-state index contributed by atoms with van der Waals surface area (Å²) in [7, 11) is 0. The van der Waals surface area contributed by atoms with Gasteiger partial charge < -0.3 is 4.74 Å². The molecule has 1 unspecified atom stereocenters. The lowest BCUT2D eigenvalue weighted by Gasteiger charge is -2.05. The summed E-state index contributed by atoms with van der Waals surface area (Å²) in [5.41, 5.74) is 0.517. The molecule has 0 fully saturated rings. The summed E-state index contributed by atoms with van der Waals surface area (Å²) in [4.78, 5) is 11.5. The van der Waals surface area contributed by atoms with Gasteiger partial charge in [-0.3, -0.25) is 0 Å². The number of carbonyl (C=O) groups is 1. The number of halogens is 2. The molecule has 4 heteroatoms. The predicted molar refractivity (Wildman–Crippen MR) is 66.3 cm³/mol. The number of benzene rings is 1. The molecule has 0 saturated heterocycles. The van der Waals surface area contributed by atoms with Gasteiger partial charge in [-0.05, 0) is 44.0 Å². The summed E-state index contributed by atoms with van der Waals surface area (Å²) < 4.78 is 5.08. The third kappa shape index (κ3) is 4.86. The number of ether oxygens (including phenoxy) is 1. The molecule has 0 saturated carbocycles. The minimum absolute atomic E-state index is 0.120. The molecule has 2 nitrogen and oxygen atoms in total. The van der Waals surface area contributed by atoms with Crippen molar-refractivity contribution in [3.63, 3.8) is 0 Å². The Balaban J connectivity index is 2.32. The number of rotatable bonds is 5. The van der Waals surface area contributed by atoms with Crippen LogP contribution in [0.5, 0.6) is 0 Å². The quantitative estimate of drug-likeness (QED) is 0.456. The van der Waals surface area contributed by atoms with E-state index in [0.717, 1.165) is 12.8 Å². The van der Waals surface area contributed by atoms with Crippen molar-refractivity contribution < 1.29 is 9.53 Å². The third-order valence-electron chi connectivity index (χ3n) is 2.06. The molecule has 1 rings (SSSR count). The van der Waals surface area contributed by atoms with Crippen molar-refractivity contribution in [2.75, 3.05) is 6.61 Å². The van der Waals surface area contributed by atoms with E-state index in [4.69, 9.17) is 27.9 Å². The van der Waals surface area contributed by atoms with Crippen LogP contribution in [0.1, 0.15) is 30.1 Å². The highest BCUT2D eigenvalue weighted by atomic mass is 35.5. The van der Waals surface area contributed by atoms with E-state index in [1.54, 1.807) is 24.3 Å². The average Bonchev–Trinajstić information content (AvgIpc) is 2.25. The van der Waals surface area contributed by atoms with Crippen LogP contribution in [-0.2, 0) is 4.74 Å². The summed E-state index contributed by atoms with van der Waals surface area (Å²) in [6.45, 7) is 2.32. The molecule has 88 valence electrons. The van der Waals surface area contributed by atoms with Crippen LogP contribution in [-0.4, -0.2) is 18.0 Å². The van der Waals surface area contributed by atoms with Gasteiger partial charge in [-0.2, -0.15) is 0 Å². The van der Waals surface area contributed by atoms with Crippen molar-refractivity contribution >= 4 is 29.2 Å². The monoisotopic (exact) mass is 260 g/mol. The number of alkyl halides is 1. The lowest BCUT2D eigenvalue weighted by Crippen LogP contribution is -2.07. The first-order chi connectivity index (χ1) is 7.59. The second-order valence-corrected chi connectivity index (χ2v) is 4.75. The summed E-state index contributed by atoms with van der Waals surface area (Å²) in [6, 6.07) is 6.63. The van der Waals surface area contributed by atoms with Crippen molar-refractivity contribution in [1.82, 2.24) is 0 Å². The second-order valence-electron chi connectivity index (χ2n) is 3.57. The highest BCUT2D eigenvalue weighted by Crippen LogP contribution is 2.11. The first-order valence-electron chi connectivity index (χ1n) is 5.16. The Morgan fingerprint density at radius 2 is 2.00 bits per heavy atom. The van der Waals surface area contributed by atoms with E-state index in [1.165, 1.54) is 0 Å². The predicted octanol–water partition coefficient (Wildman–Crippen LogP) is 3.90. The zero-order valence-corrected chi connectivity index (χ0v) is 10.6. The standard InChI is InChI=1S/C12H14Cl2O2/c1-9(13)3-2-8-16-12(15)10-4-6-11(14)7-5-10/h4-7,9H,2-3,8H2,1H3. The maximum absolute atomic E-state index is 11.5. The highest BCUT2D eigenvalue weighted by molar-refractivity contribution is 6.30. The average molecular weight is 261 g/mol. The molecule has 0 aromatic heterocycles. The van der Waals surface area contributed by atoms with Gasteiger partial charge in [0.1, 0.15) is 0 Å². The molecular weight excluding hydrogens is 247 g/mol. The smallest absolute Gasteiger partial charge is 0.338 e. The van der Waals surface area contributed by atoms with Crippen LogP contribution in [0, 0.1) is 0 Å². The van der Waals surface area contributed by atoms with Gasteiger partial charge in [0.2, 0.25) is 0 Å². The number of hydrogen-bond acceptors (Lipinski definition) is 2. The van der Waals surface area contributed by atoms with Gasteiger partial charge in [0.25, 0.3) is 0 Å². The molecule has 0 aliphatic rings. The molecule has 0 bridgehead atoms. The maximum Gasteiger partial charge on any atom is 0.338 e. The minimum Gasteiger partial charge on any atom is -0.462 e. The molecule has 1 aromatic rings. The van der Waals surface area contributed by atoms with E-state index < -0.39 is 0 Å². The molecule has 0 N–H and O–H groups in total. The van der Waals surface area contributed by atoms with Crippen molar-refractivity contribution in [1.29, 1.82) is 0 Å². The molecular formula is C12H14Cl2O2. The Labute approximate surface area is 106 Å². The SMILES string of the molecule is CC(Cl)CCCOC(=O)c1ccc(Cl)cc1. The van der Waals surface area contributed by atoms with E-state index in [0.29, 0.717) is 17.2 Å². The zero-order valence-electron chi connectivity index (χ0n) is 9.08. The van der Waals surface area contributed by atoms with E-state index >= 15 is 0 Å². The maximum atomic E-state index is 11.5. The normalized spacial score (nSPS) is 12.2. The van der Waals surface area contributed by atoms with Crippen molar-refractivity contribution in [3.05, 3.63) is 34.9 Å². The molecule has 0 spiro atoms. The van der Waals surface area contributed by atoms with Crippen LogP contribution >= 0.6 is 23.2 Å². The van der Waals surface area contributed by atoms with Gasteiger partial charge in [0.05, 0.1) is 12.2 Å². The van der Waals surface area contributed by atoms with E-state index in [2.05, 4.69) is 0 Å². The van der Waals surface area contributed by atoms with Crippen LogP contribution < -0.4 is 0 Å². The van der Waals surface area contributed by atoms with Crippen LogP contribution in [0.2, 0.25) is 5.02 Å². The van der Waals surface area contributed by atoms with Gasteiger partial charge in [-0.1, -0.05) is 11.6 Å². The van der Waals surface area contributed by atoms with E-state index in [9.17, 15) is 4.79 Å². The molecule has 0 radical (unpaired) electrons. The van der Waals surface area contributed by atoms with Gasteiger partial charge in [-0.25, -0.2) is 4.79 Å². The van der Waals surface area contributed by atoms with Gasteiger partial charge in [0, 0.05) is 10.4 Å². The molecule has 1 atom stereocenters. The van der Waals surface area contributed by atoms with Gasteiger partial charge in [0.15, 0.2) is 0 Å².